The number of hydrogen-bond acceptors (Lipinski definition) is 6. The molecule has 0 atom stereocenters. The van der Waals surface area contributed by atoms with Gasteiger partial charge in [-0.2, -0.15) is 4.98 Å². The summed E-state index contributed by atoms with van der Waals surface area (Å²) in [6.07, 6.45) is 0. The molecule has 3 aromatic rings. The van der Waals surface area contributed by atoms with E-state index in [4.69, 9.17) is 9.26 Å². The fourth-order valence-corrected chi connectivity index (χ4v) is 3.33. The van der Waals surface area contributed by atoms with Crippen molar-refractivity contribution in [2.45, 2.75) is 25.4 Å². The zero-order valence-electron chi connectivity index (χ0n) is 15.0. The van der Waals surface area contributed by atoms with Crippen molar-refractivity contribution >= 4 is 17.5 Å². The topological polar surface area (TPSA) is 65.2 Å². The number of hydrogen-bond donors (Lipinski definition) is 0. The van der Waals surface area contributed by atoms with Gasteiger partial charge in [0.2, 0.25) is 11.7 Å². The van der Waals surface area contributed by atoms with Gasteiger partial charge in [-0.1, -0.05) is 35.0 Å². The number of carbonyl (C=O) groups excluding carboxylic acids is 1. The maximum absolute atomic E-state index is 11.6. The van der Waals surface area contributed by atoms with E-state index < -0.39 is 0 Å². The van der Waals surface area contributed by atoms with Crippen LogP contribution in [0.1, 0.15) is 34.3 Å². The number of rotatable bonds is 7. The number of thioether (sulfide) groups is 1. The van der Waals surface area contributed by atoms with Crippen molar-refractivity contribution in [3.05, 3.63) is 65.0 Å². The van der Waals surface area contributed by atoms with E-state index in [1.807, 2.05) is 43.3 Å². The van der Waals surface area contributed by atoms with Crippen LogP contribution in [-0.4, -0.2) is 23.0 Å². The number of methoxy groups -OCH3 is 1. The molecule has 5 nitrogen and oxygen atoms in total. The first kappa shape index (κ1) is 18.2. The molecule has 0 amide bonds. The molecule has 26 heavy (non-hydrogen) atoms. The fraction of sp³-hybridized carbons (Fsp3) is 0.250. The summed E-state index contributed by atoms with van der Waals surface area (Å²) in [5.41, 5.74) is 3.78. The normalized spacial score (nSPS) is 10.7. The van der Waals surface area contributed by atoms with Gasteiger partial charge in [0.15, 0.2) is 5.78 Å². The van der Waals surface area contributed by atoms with E-state index in [1.165, 1.54) is 5.56 Å². The molecule has 134 valence electrons. The quantitative estimate of drug-likeness (QED) is 0.564. The van der Waals surface area contributed by atoms with Crippen LogP contribution in [0.2, 0.25) is 0 Å². The second-order valence-electron chi connectivity index (χ2n) is 5.95. The van der Waals surface area contributed by atoms with E-state index in [9.17, 15) is 4.79 Å². The molecule has 0 aliphatic rings. The monoisotopic (exact) mass is 368 g/mol. The summed E-state index contributed by atoms with van der Waals surface area (Å²) < 4.78 is 10.7. The number of Topliss-reactive ketones (excluding diaryl/α,β-unsaturated/α-hetero) is 1. The van der Waals surface area contributed by atoms with E-state index >= 15 is 0 Å². The third kappa shape index (κ3) is 4.32. The zero-order valence-corrected chi connectivity index (χ0v) is 15.8. The van der Waals surface area contributed by atoms with E-state index in [1.54, 1.807) is 31.9 Å². The second-order valence-corrected chi connectivity index (χ2v) is 6.94. The Balaban J connectivity index is 1.64. The van der Waals surface area contributed by atoms with Crippen molar-refractivity contribution < 1.29 is 14.1 Å². The Hall–Kier alpha value is -2.60. The fourth-order valence-electron chi connectivity index (χ4n) is 2.49. The van der Waals surface area contributed by atoms with E-state index in [-0.39, 0.29) is 5.78 Å². The summed E-state index contributed by atoms with van der Waals surface area (Å²) in [5.74, 6) is 3.26. The molecule has 1 aromatic heterocycles. The summed E-state index contributed by atoms with van der Waals surface area (Å²) >= 11 is 1.63. The van der Waals surface area contributed by atoms with Crippen molar-refractivity contribution in [3.63, 3.8) is 0 Å². The van der Waals surface area contributed by atoms with Crippen LogP contribution in [0, 0.1) is 6.92 Å². The van der Waals surface area contributed by atoms with Gasteiger partial charge < -0.3 is 9.26 Å². The average Bonchev–Trinajstić information content (AvgIpc) is 3.11. The summed E-state index contributed by atoms with van der Waals surface area (Å²) in [6, 6.07) is 13.5. The van der Waals surface area contributed by atoms with Crippen molar-refractivity contribution in [1.82, 2.24) is 10.1 Å². The van der Waals surface area contributed by atoms with E-state index in [0.717, 1.165) is 16.9 Å². The standard InChI is InChI=1S/C20H20N2O3S/c1-13-4-6-15(7-5-13)20-21-19(25-22-20)12-26-11-17-10-16(14(2)23)8-9-18(17)24-3/h4-10H,11-12H2,1-3H3. The molecule has 0 spiro atoms. The number of ketones is 1. The highest BCUT2D eigenvalue weighted by atomic mass is 32.2. The largest absolute Gasteiger partial charge is 0.496 e. The highest BCUT2D eigenvalue weighted by Crippen LogP contribution is 2.27. The third-order valence-corrected chi connectivity index (χ3v) is 4.91. The number of aryl methyl sites for hydroxylation is 1. The van der Waals surface area contributed by atoms with Gasteiger partial charge in [0.05, 0.1) is 12.9 Å². The summed E-state index contributed by atoms with van der Waals surface area (Å²) in [7, 11) is 1.63. The minimum Gasteiger partial charge on any atom is -0.496 e. The lowest BCUT2D eigenvalue weighted by molar-refractivity contribution is 0.101. The lowest BCUT2D eigenvalue weighted by atomic mass is 10.1. The molecule has 0 bridgehead atoms. The van der Waals surface area contributed by atoms with E-state index in [2.05, 4.69) is 10.1 Å². The predicted octanol–water partition coefficient (Wildman–Crippen LogP) is 4.69. The molecule has 0 fully saturated rings. The minimum absolute atomic E-state index is 0.0403. The smallest absolute Gasteiger partial charge is 0.236 e. The van der Waals surface area contributed by atoms with Crippen LogP contribution in [-0.2, 0) is 11.5 Å². The van der Waals surface area contributed by atoms with Crippen molar-refractivity contribution in [2.24, 2.45) is 0 Å². The van der Waals surface area contributed by atoms with Crippen LogP contribution in [0.3, 0.4) is 0 Å². The maximum atomic E-state index is 11.6. The number of carbonyl (C=O) groups is 1. The zero-order chi connectivity index (χ0) is 18.5. The second kappa shape index (κ2) is 8.19. The Morgan fingerprint density at radius 1 is 1.15 bits per heavy atom. The Labute approximate surface area is 156 Å². The summed E-state index contributed by atoms with van der Waals surface area (Å²) in [4.78, 5) is 16.0. The molecule has 1 heterocycles. The summed E-state index contributed by atoms with van der Waals surface area (Å²) in [5, 5.41) is 4.04. The Morgan fingerprint density at radius 2 is 1.92 bits per heavy atom. The lowest BCUT2D eigenvalue weighted by Crippen LogP contribution is -1.97. The van der Waals surface area contributed by atoms with Crippen LogP contribution in [0.25, 0.3) is 11.4 Å². The van der Waals surface area contributed by atoms with Gasteiger partial charge in [-0.3, -0.25) is 4.79 Å². The first-order valence-electron chi connectivity index (χ1n) is 8.22. The van der Waals surface area contributed by atoms with Gasteiger partial charge in [0.25, 0.3) is 0 Å². The first-order valence-corrected chi connectivity index (χ1v) is 9.37. The molecule has 0 aliphatic carbocycles. The number of ether oxygens (including phenoxy) is 1. The Bertz CT molecular complexity index is 904. The lowest BCUT2D eigenvalue weighted by Gasteiger charge is -2.09. The van der Waals surface area contributed by atoms with Crippen LogP contribution < -0.4 is 4.74 Å². The van der Waals surface area contributed by atoms with Gasteiger partial charge in [-0.15, -0.1) is 11.8 Å². The van der Waals surface area contributed by atoms with Gasteiger partial charge in [-0.25, -0.2) is 0 Å². The highest BCUT2D eigenvalue weighted by molar-refractivity contribution is 7.97. The van der Waals surface area contributed by atoms with Gasteiger partial charge >= 0.3 is 0 Å². The number of benzene rings is 2. The molecule has 3 rings (SSSR count). The minimum atomic E-state index is 0.0403. The van der Waals surface area contributed by atoms with Gasteiger partial charge in [0.1, 0.15) is 5.75 Å². The molecule has 2 aromatic carbocycles. The molecule has 0 unspecified atom stereocenters. The third-order valence-electron chi connectivity index (χ3n) is 3.95. The van der Waals surface area contributed by atoms with Gasteiger partial charge in [-0.05, 0) is 32.0 Å². The van der Waals surface area contributed by atoms with Crippen molar-refractivity contribution in [1.29, 1.82) is 0 Å². The molecule has 0 saturated heterocycles. The predicted molar refractivity (Wildman–Crippen MR) is 102 cm³/mol. The maximum Gasteiger partial charge on any atom is 0.236 e. The number of nitrogens with zero attached hydrogens (tertiary/aromatic N) is 2. The van der Waals surface area contributed by atoms with Crippen LogP contribution in [0.4, 0.5) is 0 Å². The van der Waals surface area contributed by atoms with Crippen LogP contribution >= 0.6 is 11.8 Å². The van der Waals surface area contributed by atoms with Crippen LogP contribution in [0.15, 0.2) is 47.0 Å². The van der Waals surface area contributed by atoms with Crippen molar-refractivity contribution in [3.8, 4) is 17.1 Å². The highest BCUT2D eigenvalue weighted by Gasteiger charge is 2.11. The van der Waals surface area contributed by atoms with Gasteiger partial charge in [0, 0.05) is 22.4 Å². The SMILES string of the molecule is COc1ccc(C(C)=O)cc1CSCc1nc(-c2ccc(C)cc2)no1. The molecule has 6 heteroatoms. The molecule has 0 radical (unpaired) electrons. The van der Waals surface area contributed by atoms with E-state index in [0.29, 0.717) is 28.8 Å². The molecular formula is C20H20N2O3S. The molecular weight excluding hydrogens is 348 g/mol. The van der Waals surface area contributed by atoms with Crippen molar-refractivity contribution in [2.75, 3.05) is 7.11 Å². The molecule has 0 aliphatic heterocycles. The molecule has 0 saturated carbocycles. The average molecular weight is 368 g/mol. The Kier molecular flexibility index (Phi) is 5.73. The first-order chi connectivity index (χ1) is 12.6. The molecule has 0 N–H and O–H groups in total. The Morgan fingerprint density at radius 3 is 2.62 bits per heavy atom. The number of aromatic nitrogens is 2. The van der Waals surface area contributed by atoms with Crippen LogP contribution in [0.5, 0.6) is 5.75 Å². The summed E-state index contributed by atoms with van der Waals surface area (Å²) in [6.45, 7) is 3.60.